The molecule has 4 aromatic carbocycles. The number of aromatic nitrogens is 2. The summed E-state index contributed by atoms with van der Waals surface area (Å²) < 4.78 is 4.23. The summed E-state index contributed by atoms with van der Waals surface area (Å²) in [7, 11) is 0. The van der Waals surface area contributed by atoms with E-state index in [9.17, 15) is 10.1 Å². The summed E-state index contributed by atoms with van der Waals surface area (Å²) in [4.78, 5) is 14.1. The van der Waals surface area contributed by atoms with Gasteiger partial charge in [0, 0.05) is 17.7 Å². The molecule has 0 amide bonds. The van der Waals surface area contributed by atoms with Crippen LogP contribution in [0.4, 0.5) is 0 Å². The fraction of sp³-hybridized carbons (Fsp3) is 0.118. The number of imidazole rings is 1. The van der Waals surface area contributed by atoms with Crippen LogP contribution < -0.4 is 0 Å². The topological polar surface area (TPSA) is 50.2 Å². The van der Waals surface area contributed by atoms with Gasteiger partial charge >= 0.3 is 0 Å². The number of carbonyl (C=O) groups excluding carboxylic acids is 1. The van der Waals surface area contributed by atoms with Crippen LogP contribution in [-0.4, -0.2) is 14.8 Å². The molecule has 38 heavy (non-hydrogen) atoms. The van der Waals surface area contributed by atoms with Crippen LogP contribution >= 0.6 is 0 Å². The molecule has 0 spiro atoms. The molecule has 0 fully saturated rings. The zero-order valence-electron chi connectivity index (χ0n) is 21.4. The molecule has 0 N–H and O–H groups in total. The maximum absolute atomic E-state index is 14.1. The Kier molecular flexibility index (Phi) is 5.90. The summed E-state index contributed by atoms with van der Waals surface area (Å²) in [6, 6.07) is 38.4. The average molecular weight is 494 g/mol. The minimum absolute atomic E-state index is 0.162. The number of benzene rings is 4. The van der Waals surface area contributed by atoms with Crippen LogP contribution in [0.25, 0.3) is 27.8 Å². The van der Waals surface area contributed by atoms with E-state index >= 15 is 0 Å². The van der Waals surface area contributed by atoms with Gasteiger partial charge in [0.2, 0.25) is 5.78 Å². The van der Waals surface area contributed by atoms with Crippen molar-refractivity contribution in [3.05, 3.63) is 137 Å². The number of rotatable bonds is 6. The van der Waals surface area contributed by atoms with Crippen molar-refractivity contribution in [2.45, 2.75) is 26.3 Å². The highest BCUT2D eigenvalue weighted by atomic mass is 16.1. The Labute approximate surface area is 222 Å². The summed E-state index contributed by atoms with van der Waals surface area (Å²) in [6.45, 7) is 4.95. The molecule has 0 atom stereocenters. The highest BCUT2D eigenvalue weighted by Crippen LogP contribution is 2.39. The molecule has 0 saturated carbocycles. The standard InChI is InChI=1S/C34H27N3O/c1-23(2)25-17-19-26(20-18-25)31-28(21-35)32(33(38)27-13-7-4-8-14-27)37-30-16-10-9-15-29(30)36(34(31)37)22-24-11-5-3-6-12-24/h3-20,23H,22H2,1-2H3. The molecular formula is C34H27N3O. The van der Waals surface area contributed by atoms with Gasteiger partial charge in [-0.25, -0.2) is 0 Å². The minimum atomic E-state index is -0.162. The zero-order chi connectivity index (χ0) is 26.2. The van der Waals surface area contributed by atoms with Gasteiger partial charge in [-0.3, -0.25) is 9.20 Å². The number of hydrogen-bond donors (Lipinski definition) is 0. The van der Waals surface area contributed by atoms with Gasteiger partial charge in [0.05, 0.1) is 16.6 Å². The van der Waals surface area contributed by atoms with Crippen molar-refractivity contribution in [2.24, 2.45) is 0 Å². The van der Waals surface area contributed by atoms with E-state index in [-0.39, 0.29) is 5.78 Å². The van der Waals surface area contributed by atoms with Gasteiger partial charge in [0.15, 0.2) is 0 Å². The molecule has 0 radical (unpaired) electrons. The van der Waals surface area contributed by atoms with Gasteiger partial charge in [0.1, 0.15) is 17.4 Å². The van der Waals surface area contributed by atoms with E-state index in [4.69, 9.17) is 0 Å². The molecule has 6 rings (SSSR count). The van der Waals surface area contributed by atoms with Gasteiger partial charge in [-0.1, -0.05) is 111 Å². The zero-order valence-corrected chi connectivity index (χ0v) is 21.4. The average Bonchev–Trinajstić information content (AvgIpc) is 3.46. The summed E-state index contributed by atoms with van der Waals surface area (Å²) in [5.74, 6) is 0.234. The number of nitriles is 1. The van der Waals surface area contributed by atoms with Crippen LogP contribution in [-0.2, 0) is 6.54 Å². The number of carbonyl (C=O) groups is 1. The summed E-state index contributed by atoms with van der Waals surface area (Å²) in [5.41, 5.74) is 8.21. The first-order valence-corrected chi connectivity index (χ1v) is 12.9. The second-order valence-corrected chi connectivity index (χ2v) is 9.90. The molecule has 6 aromatic rings. The lowest BCUT2D eigenvalue weighted by atomic mass is 9.96. The quantitative estimate of drug-likeness (QED) is 0.222. The van der Waals surface area contributed by atoms with Gasteiger partial charge in [-0.15, -0.1) is 0 Å². The Morgan fingerprint density at radius 2 is 1.39 bits per heavy atom. The monoisotopic (exact) mass is 493 g/mol. The molecule has 0 aliphatic heterocycles. The molecule has 4 nitrogen and oxygen atoms in total. The lowest BCUT2D eigenvalue weighted by Crippen LogP contribution is -2.07. The molecule has 0 bridgehead atoms. The van der Waals surface area contributed by atoms with E-state index in [0.717, 1.165) is 33.4 Å². The second-order valence-electron chi connectivity index (χ2n) is 9.90. The highest BCUT2D eigenvalue weighted by Gasteiger charge is 2.30. The predicted molar refractivity (Wildman–Crippen MR) is 153 cm³/mol. The van der Waals surface area contributed by atoms with Gasteiger partial charge < -0.3 is 4.57 Å². The highest BCUT2D eigenvalue weighted by molar-refractivity contribution is 6.13. The summed E-state index contributed by atoms with van der Waals surface area (Å²) in [6.07, 6.45) is 0. The fourth-order valence-corrected chi connectivity index (χ4v) is 5.33. The molecule has 0 aliphatic rings. The van der Waals surface area contributed by atoms with Crippen molar-refractivity contribution in [2.75, 3.05) is 0 Å². The maximum Gasteiger partial charge on any atom is 0.211 e. The van der Waals surface area contributed by atoms with Gasteiger partial charge in [0.25, 0.3) is 0 Å². The molecular weight excluding hydrogens is 466 g/mol. The Morgan fingerprint density at radius 1 is 0.789 bits per heavy atom. The van der Waals surface area contributed by atoms with E-state index in [1.807, 2.05) is 71.1 Å². The van der Waals surface area contributed by atoms with Gasteiger partial charge in [-0.2, -0.15) is 5.26 Å². The number of fused-ring (bicyclic) bond motifs is 3. The van der Waals surface area contributed by atoms with Crippen LogP contribution in [0.2, 0.25) is 0 Å². The first kappa shape index (κ1) is 23.5. The first-order chi connectivity index (χ1) is 18.6. The normalized spacial score (nSPS) is 11.3. The third-order valence-electron chi connectivity index (χ3n) is 7.23. The largest absolute Gasteiger partial charge is 0.321 e. The van der Waals surface area contributed by atoms with Crippen molar-refractivity contribution in [3.8, 4) is 17.2 Å². The lowest BCUT2D eigenvalue weighted by molar-refractivity contribution is 0.103. The first-order valence-electron chi connectivity index (χ1n) is 12.9. The van der Waals surface area contributed by atoms with Crippen LogP contribution in [0.5, 0.6) is 0 Å². The van der Waals surface area contributed by atoms with Crippen molar-refractivity contribution in [1.82, 2.24) is 8.97 Å². The van der Waals surface area contributed by atoms with E-state index in [0.29, 0.717) is 29.3 Å². The van der Waals surface area contributed by atoms with Crippen LogP contribution in [0.3, 0.4) is 0 Å². The Hall–Kier alpha value is -4.88. The predicted octanol–water partition coefficient (Wildman–Crippen LogP) is 7.84. The third kappa shape index (κ3) is 3.81. The number of hydrogen-bond acceptors (Lipinski definition) is 2. The van der Waals surface area contributed by atoms with Gasteiger partial charge in [-0.05, 0) is 34.7 Å². The molecule has 2 heterocycles. The Balaban J connectivity index is 1.74. The summed E-state index contributed by atoms with van der Waals surface area (Å²) >= 11 is 0. The SMILES string of the molecule is CC(C)c1ccc(-c2c(C#N)c(C(=O)c3ccccc3)n3c4ccccc4n(Cc4ccccc4)c23)cc1. The van der Waals surface area contributed by atoms with E-state index in [1.54, 1.807) is 0 Å². The second kappa shape index (κ2) is 9.53. The van der Waals surface area contributed by atoms with Crippen LogP contribution in [0.1, 0.15) is 52.5 Å². The maximum atomic E-state index is 14.1. The number of nitrogens with zero attached hydrogens (tertiary/aromatic N) is 3. The molecule has 0 saturated heterocycles. The Bertz CT molecular complexity index is 1820. The fourth-order valence-electron chi connectivity index (χ4n) is 5.33. The number of ketones is 1. The Morgan fingerprint density at radius 3 is 2.03 bits per heavy atom. The lowest BCUT2D eigenvalue weighted by Gasteiger charge is -2.10. The van der Waals surface area contributed by atoms with Crippen molar-refractivity contribution in [1.29, 1.82) is 5.26 Å². The third-order valence-corrected chi connectivity index (χ3v) is 7.23. The van der Waals surface area contributed by atoms with Crippen LogP contribution in [0.15, 0.2) is 109 Å². The van der Waals surface area contributed by atoms with E-state index < -0.39 is 0 Å². The minimum Gasteiger partial charge on any atom is -0.321 e. The molecule has 0 unspecified atom stereocenters. The molecule has 0 aliphatic carbocycles. The summed E-state index contributed by atoms with van der Waals surface area (Å²) in [5, 5.41) is 10.5. The molecule has 2 aromatic heterocycles. The molecule has 184 valence electrons. The van der Waals surface area contributed by atoms with E-state index in [2.05, 4.69) is 66.9 Å². The van der Waals surface area contributed by atoms with E-state index in [1.165, 1.54) is 5.56 Å². The molecule has 4 heteroatoms. The smallest absolute Gasteiger partial charge is 0.211 e. The van der Waals surface area contributed by atoms with Crippen molar-refractivity contribution < 1.29 is 4.79 Å². The van der Waals surface area contributed by atoms with Crippen molar-refractivity contribution >= 4 is 22.5 Å². The van der Waals surface area contributed by atoms with Crippen molar-refractivity contribution in [3.63, 3.8) is 0 Å². The number of para-hydroxylation sites is 2. The van der Waals surface area contributed by atoms with Crippen LogP contribution in [0, 0.1) is 11.3 Å².